The SMILES string of the molecule is NC1(c2ccc(F)cc2C(=O)O)CCCCC1. The summed E-state index contributed by atoms with van der Waals surface area (Å²) in [5.74, 6) is -1.65. The van der Waals surface area contributed by atoms with Crippen LogP contribution in [0.4, 0.5) is 4.39 Å². The Labute approximate surface area is 99.4 Å². The van der Waals surface area contributed by atoms with Gasteiger partial charge in [-0.2, -0.15) is 0 Å². The molecule has 3 nitrogen and oxygen atoms in total. The molecule has 3 N–H and O–H groups in total. The first-order chi connectivity index (χ1) is 8.03. The van der Waals surface area contributed by atoms with E-state index in [0.29, 0.717) is 5.56 Å². The van der Waals surface area contributed by atoms with E-state index in [9.17, 15) is 9.18 Å². The predicted octanol–water partition coefficient (Wildman–Crippen LogP) is 2.64. The molecule has 1 aromatic carbocycles. The Balaban J connectivity index is 2.46. The van der Waals surface area contributed by atoms with E-state index >= 15 is 0 Å². The number of carbonyl (C=O) groups is 1. The third-order valence-corrected chi connectivity index (χ3v) is 3.49. The number of hydrogen-bond acceptors (Lipinski definition) is 2. The number of nitrogens with two attached hydrogens (primary N) is 1. The maximum atomic E-state index is 13.1. The van der Waals surface area contributed by atoms with Crippen molar-refractivity contribution in [2.45, 2.75) is 37.6 Å². The van der Waals surface area contributed by atoms with Gasteiger partial charge in [0, 0.05) is 5.54 Å². The molecule has 0 unspecified atom stereocenters. The van der Waals surface area contributed by atoms with Gasteiger partial charge in [-0.25, -0.2) is 9.18 Å². The Kier molecular flexibility index (Phi) is 3.15. The first-order valence-electron chi connectivity index (χ1n) is 5.85. The van der Waals surface area contributed by atoms with Crippen LogP contribution in [0.1, 0.15) is 48.0 Å². The van der Waals surface area contributed by atoms with Crippen LogP contribution in [0.15, 0.2) is 18.2 Å². The summed E-state index contributed by atoms with van der Waals surface area (Å²) in [4.78, 5) is 11.1. The molecule has 92 valence electrons. The van der Waals surface area contributed by atoms with Gasteiger partial charge in [0.1, 0.15) is 5.82 Å². The highest BCUT2D eigenvalue weighted by molar-refractivity contribution is 5.89. The van der Waals surface area contributed by atoms with Crippen LogP contribution >= 0.6 is 0 Å². The third kappa shape index (κ3) is 2.31. The maximum Gasteiger partial charge on any atom is 0.336 e. The lowest BCUT2D eigenvalue weighted by atomic mass is 9.76. The van der Waals surface area contributed by atoms with Crippen molar-refractivity contribution in [3.8, 4) is 0 Å². The molecule has 4 heteroatoms. The van der Waals surface area contributed by atoms with Crippen molar-refractivity contribution in [3.05, 3.63) is 35.1 Å². The number of hydrogen-bond donors (Lipinski definition) is 2. The number of benzene rings is 1. The van der Waals surface area contributed by atoms with Gasteiger partial charge in [-0.15, -0.1) is 0 Å². The number of rotatable bonds is 2. The molecule has 1 aliphatic rings. The molecule has 0 heterocycles. The molecule has 1 aliphatic carbocycles. The Morgan fingerprint density at radius 3 is 2.53 bits per heavy atom. The molecule has 0 aliphatic heterocycles. The standard InChI is InChI=1S/C13H16FNO2/c14-9-4-5-11(10(8-9)12(16)17)13(15)6-2-1-3-7-13/h4-5,8H,1-3,6-7,15H2,(H,16,17). The summed E-state index contributed by atoms with van der Waals surface area (Å²) in [6.07, 6.45) is 4.64. The summed E-state index contributed by atoms with van der Waals surface area (Å²) in [6, 6.07) is 3.86. The molecular formula is C13H16FNO2. The topological polar surface area (TPSA) is 63.3 Å². The molecule has 0 bridgehead atoms. The largest absolute Gasteiger partial charge is 0.478 e. The van der Waals surface area contributed by atoms with Crippen molar-refractivity contribution in [2.24, 2.45) is 5.73 Å². The molecule has 1 aromatic rings. The molecule has 0 atom stereocenters. The highest BCUT2D eigenvalue weighted by Crippen LogP contribution is 2.36. The van der Waals surface area contributed by atoms with Crippen LogP contribution in [0.25, 0.3) is 0 Å². The summed E-state index contributed by atoms with van der Waals surface area (Å²) >= 11 is 0. The maximum absolute atomic E-state index is 13.1. The van der Waals surface area contributed by atoms with E-state index in [1.165, 1.54) is 12.1 Å². The van der Waals surface area contributed by atoms with Crippen molar-refractivity contribution in [1.29, 1.82) is 0 Å². The minimum absolute atomic E-state index is 0.00519. The zero-order valence-corrected chi connectivity index (χ0v) is 9.58. The molecule has 17 heavy (non-hydrogen) atoms. The van der Waals surface area contributed by atoms with Gasteiger partial charge in [-0.1, -0.05) is 25.3 Å². The molecule has 0 aromatic heterocycles. The Morgan fingerprint density at radius 2 is 1.94 bits per heavy atom. The second-order valence-electron chi connectivity index (χ2n) is 4.71. The van der Waals surface area contributed by atoms with E-state index < -0.39 is 17.3 Å². The van der Waals surface area contributed by atoms with E-state index in [-0.39, 0.29) is 5.56 Å². The van der Waals surface area contributed by atoms with Crippen LogP contribution < -0.4 is 5.73 Å². The monoisotopic (exact) mass is 237 g/mol. The van der Waals surface area contributed by atoms with E-state index in [2.05, 4.69) is 0 Å². The Bertz CT molecular complexity index is 439. The third-order valence-electron chi connectivity index (χ3n) is 3.49. The zero-order valence-electron chi connectivity index (χ0n) is 9.58. The van der Waals surface area contributed by atoms with Crippen molar-refractivity contribution in [1.82, 2.24) is 0 Å². The summed E-state index contributed by atoms with van der Waals surface area (Å²) in [7, 11) is 0. The van der Waals surface area contributed by atoms with Gasteiger partial charge in [0.25, 0.3) is 0 Å². The van der Waals surface area contributed by atoms with E-state index in [4.69, 9.17) is 10.8 Å². The fourth-order valence-corrected chi connectivity index (χ4v) is 2.58. The van der Waals surface area contributed by atoms with Crippen molar-refractivity contribution in [3.63, 3.8) is 0 Å². The summed E-state index contributed by atoms with van der Waals surface area (Å²) in [5.41, 5.74) is 6.23. The second-order valence-corrected chi connectivity index (χ2v) is 4.71. The van der Waals surface area contributed by atoms with Gasteiger partial charge in [0.05, 0.1) is 5.56 Å². The number of halogens is 1. The van der Waals surface area contributed by atoms with Gasteiger partial charge in [-0.3, -0.25) is 0 Å². The lowest BCUT2D eigenvalue weighted by Gasteiger charge is -2.34. The summed E-state index contributed by atoms with van der Waals surface area (Å²) < 4.78 is 13.1. The van der Waals surface area contributed by atoms with Crippen LogP contribution in [-0.2, 0) is 5.54 Å². The molecule has 0 saturated heterocycles. The molecule has 1 fully saturated rings. The second kappa shape index (κ2) is 4.45. The molecule has 0 amide bonds. The van der Waals surface area contributed by atoms with Crippen LogP contribution in [0.5, 0.6) is 0 Å². The van der Waals surface area contributed by atoms with Crippen molar-refractivity contribution in [2.75, 3.05) is 0 Å². The van der Waals surface area contributed by atoms with E-state index in [1.54, 1.807) is 0 Å². The summed E-state index contributed by atoms with van der Waals surface area (Å²) in [5, 5.41) is 9.11. The highest BCUT2D eigenvalue weighted by Gasteiger charge is 2.33. The van der Waals surface area contributed by atoms with Crippen molar-refractivity contribution < 1.29 is 14.3 Å². The van der Waals surface area contributed by atoms with Crippen LogP contribution in [0.3, 0.4) is 0 Å². The summed E-state index contributed by atoms with van der Waals surface area (Å²) in [6.45, 7) is 0. The molecule has 1 saturated carbocycles. The number of carboxylic acids is 1. The molecule has 0 radical (unpaired) electrons. The molecule has 2 rings (SSSR count). The average molecular weight is 237 g/mol. The fourth-order valence-electron chi connectivity index (χ4n) is 2.58. The molecule has 0 spiro atoms. The smallest absolute Gasteiger partial charge is 0.336 e. The minimum Gasteiger partial charge on any atom is -0.478 e. The van der Waals surface area contributed by atoms with Gasteiger partial charge in [0.15, 0.2) is 0 Å². The highest BCUT2D eigenvalue weighted by atomic mass is 19.1. The van der Waals surface area contributed by atoms with Crippen LogP contribution in [0.2, 0.25) is 0 Å². The predicted molar refractivity (Wildman–Crippen MR) is 62.3 cm³/mol. The Hall–Kier alpha value is -1.42. The van der Waals surface area contributed by atoms with Crippen molar-refractivity contribution >= 4 is 5.97 Å². The zero-order chi connectivity index (χ0) is 12.5. The first kappa shape index (κ1) is 12.0. The van der Waals surface area contributed by atoms with Gasteiger partial charge in [0.2, 0.25) is 0 Å². The van der Waals surface area contributed by atoms with Crippen LogP contribution in [0, 0.1) is 5.82 Å². The van der Waals surface area contributed by atoms with E-state index in [0.717, 1.165) is 38.2 Å². The van der Waals surface area contributed by atoms with E-state index in [1.807, 2.05) is 0 Å². The van der Waals surface area contributed by atoms with Gasteiger partial charge in [-0.05, 0) is 30.5 Å². The fraction of sp³-hybridized carbons (Fsp3) is 0.462. The Morgan fingerprint density at radius 1 is 1.29 bits per heavy atom. The molecular weight excluding hydrogens is 221 g/mol. The van der Waals surface area contributed by atoms with Gasteiger partial charge < -0.3 is 10.8 Å². The first-order valence-corrected chi connectivity index (χ1v) is 5.85. The van der Waals surface area contributed by atoms with Gasteiger partial charge >= 0.3 is 5.97 Å². The lowest BCUT2D eigenvalue weighted by molar-refractivity contribution is 0.0692. The normalized spacial score (nSPS) is 18.9. The lowest BCUT2D eigenvalue weighted by Crippen LogP contribution is -2.40. The number of aromatic carboxylic acids is 1. The van der Waals surface area contributed by atoms with Crippen LogP contribution in [-0.4, -0.2) is 11.1 Å². The quantitative estimate of drug-likeness (QED) is 0.831. The average Bonchev–Trinajstić information content (AvgIpc) is 2.29. The number of carboxylic acid groups (broad SMARTS) is 1. The minimum atomic E-state index is -1.12.